The van der Waals surface area contributed by atoms with Crippen LogP contribution in [-0.4, -0.2) is 18.3 Å². The number of rotatable bonds is 10. The average molecular weight is 489 g/mol. The van der Waals surface area contributed by atoms with Gasteiger partial charge in [0.25, 0.3) is 0 Å². The second-order valence-corrected chi connectivity index (χ2v) is 8.94. The van der Waals surface area contributed by atoms with Gasteiger partial charge in [-0.05, 0) is 84.2 Å². The minimum absolute atomic E-state index is 0.239. The number of hydrogen-bond acceptors (Lipinski definition) is 2. The molecule has 3 rings (SSSR count). The van der Waals surface area contributed by atoms with Gasteiger partial charge in [0.15, 0.2) is 0 Å². The quantitative estimate of drug-likeness (QED) is 0.178. The zero-order valence-electron chi connectivity index (χ0n) is 22.0. The summed E-state index contributed by atoms with van der Waals surface area (Å²) in [5, 5.41) is 8.82. The number of aryl methyl sites for hydroxylation is 1. The lowest BCUT2D eigenvalue weighted by Crippen LogP contribution is -1.85. The lowest BCUT2D eigenvalue weighted by molar-refractivity contribution is 0.271. The first kappa shape index (κ1) is 27.6. The molecule has 0 fully saturated rings. The normalized spacial score (nSPS) is 10.7. The van der Waals surface area contributed by atoms with Crippen molar-refractivity contribution in [2.45, 2.75) is 46.0 Å². The lowest BCUT2D eigenvalue weighted by atomic mass is 10.0. The average Bonchev–Trinajstić information content (AvgIpc) is 2.92. The standard InChI is InChI=1S/C35H36O2/c1-3-4-26-37-27-24-33-16-14-31(15-17-33)18-19-34-21-23-35(29(2)28-34)22-20-32-12-10-30(11-13-32)9-7-5-6-8-25-36/h10-23,28,36H,3-6,8,25-26H2,1-2H3/b19-18+,22-20+. The van der Waals surface area contributed by atoms with Gasteiger partial charge in [-0.15, -0.1) is 0 Å². The summed E-state index contributed by atoms with van der Waals surface area (Å²) in [6.45, 7) is 5.21. The van der Waals surface area contributed by atoms with E-state index in [2.05, 4.69) is 117 Å². The summed E-state index contributed by atoms with van der Waals surface area (Å²) >= 11 is 0. The fourth-order valence-corrected chi connectivity index (χ4v) is 3.58. The molecule has 0 saturated carbocycles. The number of benzene rings is 3. The second kappa shape index (κ2) is 15.9. The Morgan fingerprint density at radius 1 is 0.730 bits per heavy atom. The first-order valence-electron chi connectivity index (χ1n) is 13.1. The molecule has 37 heavy (non-hydrogen) atoms. The molecule has 0 unspecified atom stereocenters. The molecule has 0 aliphatic heterocycles. The number of unbranched alkanes of at least 4 members (excludes halogenated alkanes) is 3. The molecule has 1 N–H and O–H groups in total. The van der Waals surface area contributed by atoms with Gasteiger partial charge in [-0.1, -0.05) is 92.0 Å². The van der Waals surface area contributed by atoms with E-state index in [1.54, 1.807) is 0 Å². The molecule has 2 heteroatoms. The number of aliphatic hydroxyl groups is 1. The van der Waals surface area contributed by atoms with E-state index in [0.717, 1.165) is 54.4 Å². The zero-order valence-corrected chi connectivity index (χ0v) is 22.0. The number of aliphatic hydroxyl groups excluding tert-OH is 1. The van der Waals surface area contributed by atoms with Crippen LogP contribution in [0.1, 0.15) is 78.0 Å². The van der Waals surface area contributed by atoms with Crippen molar-refractivity contribution in [1.29, 1.82) is 0 Å². The van der Waals surface area contributed by atoms with Crippen molar-refractivity contribution in [1.82, 2.24) is 0 Å². The van der Waals surface area contributed by atoms with Gasteiger partial charge in [-0.25, -0.2) is 0 Å². The van der Waals surface area contributed by atoms with Gasteiger partial charge < -0.3 is 9.84 Å². The summed E-state index contributed by atoms with van der Waals surface area (Å²) in [6, 6.07) is 23.0. The molecule has 0 amide bonds. The summed E-state index contributed by atoms with van der Waals surface area (Å²) in [5.74, 6) is 9.40. The molecule has 3 aromatic rings. The van der Waals surface area contributed by atoms with Crippen LogP contribution in [0, 0.1) is 30.8 Å². The predicted molar refractivity (Wildman–Crippen MR) is 157 cm³/mol. The Labute approximate surface area is 222 Å². The van der Waals surface area contributed by atoms with E-state index in [0.29, 0.717) is 6.61 Å². The Morgan fingerprint density at radius 2 is 1.35 bits per heavy atom. The Bertz CT molecular complexity index is 1290. The molecule has 0 aliphatic rings. The maximum atomic E-state index is 8.82. The van der Waals surface area contributed by atoms with E-state index in [1.807, 2.05) is 12.1 Å². The lowest BCUT2D eigenvalue weighted by Gasteiger charge is -2.03. The highest BCUT2D eigenvalue weighted by Crippen LogP contribution is 2.17. The smallest absolute Gasteiger partial charge is 0.115 e. The molecular weight excluding hydrogens is 452 g/mol. The van der Waals surface area contributed by atoms with Crippen LogP contribution >= 0.6 is 0 Å². The topological polar surface area (TPSA) is 29.5 Å². The third kappa shape index (κ3) is 10.3. The Kier molecular flexibility index (Phi) is 11.9. The van der Waals surface area contributed by atoms with E-state index in [9.17, 15) is 0 Å². The largest absolute Gasteiger partial charge is 0.446 e. The molecule has 2 nitrogen and oxygen atoms in total. The van der Waals surface area contributed by atoms with Crippen molar-refractivity contribution in [3.8, 4) is 23.9 Å². The van der Waals surface area contributed by atoms with Gasteiger partial charge in [0, 0.05) is 24.2 Å². The van der Waals surface area contributed by atoms with Crippen LogP contribution in [0.2, 0.25) is 0 Å². The molecule has 3 aromatic carbocycles. The Morgan fingerprint density at radius 3 is 2.00 bits per heavy atom. The van der Waals surface area contributed by atoms with E-state index >= 15 is 0 Å². The monoisotopic (exact) mass is 488 g/mol. The van der Waals surface area contributed by atoms with Gasteiger partial charge in [-0.3, -0.25) is 0 Å². The van der Waals surface area contributed by atoms with Crippen LogP contribution in [0.15, 0.2) is 66.7 Å². The van der Waals surface area contributed by atoms with Crippen molar-refractivity contribution in [3.63, 3.8) is 0 Å². The van der Waals surface area contributed by atoms with Crippen molar-refractivity contribution < 1.29 is 9.84 Å². The first-order valence-corrected chi connectivity index (χ1v) is 13.1. The van der Waals surface area contributed by atoms with E-state index in [4.69, 9.17) is 9.84 Å². The Balaban J connectivity index is 1.55. The highest BCUT2D eigenvalue weighted by atomic mass is 16.5. The van der Waals surface area contributed by atoms with Crippen LogP contribution in [0.25, 0.3) is 24.3 Å². The fourth-order valence-electron chi connectivity index (χ4n) is 3.58. The van der Waals surface area contributed by atoms with Crippen molar-refractivity contribution in [3.05, 3.63) is 106 Å². The van der Waals surface area contributed by atoms with Gasteiger partial charge in [0.1, 0.15) is 12.7 Å². The van der Waals surface area contributed by atoms with Gasteiger partial charge in [0.05, 0.1) is 0 Å². The van der Waals surface area contributed by atoms with Crippen LogP contribution in [-0.2, 0) is 4.74 Å². The summed E-state index contributed by atoms with van der Waals surface area (Å²) in [5.41, 5.74) is 7.87. The molecule has 0 saturated heterocycles. The van der Waals surface area contributed by atoms with Crippen molar-refractivity contribution >= 4 is 24.3 Å². The minimum Gasteiger partial charge on any atom is -0.446 e. The second-order valence-electron chi connectivity index (χ2n) is 8.94. The highest BCUT2D eigenvalue weighted by Gasteiger charge is 1.97. The van der Waals surface area contributed by atoms with E-state index < -0.39 is 0 Å². The maximum absolute atomic E-state index is 8.82. The molecule has 0 aromatic heterocycles. The zero-order chi connectivity index (χ0) is 26.1. The molecule has 0 spiro atoms. The van der Waals surface area contributed by atoms with E-state index in [-0.39, 0.29) is 6.61 Å². The highest BCUT2D eigenvalue weighted by molar-refractivity contribution is 5.74. The van der Waals surface area contributed by atoms with Crippen molar-refractivity contribution in [2.24, 2.45) is 0 Å². The number of hydrogen-bond donors (Lipinski definition) is 1. The van der Waals surface area contributed by atoms with Gasteiger partial charge in [-0.2, -0.15) is 0 Å². The van der Waals surface area contributed by atoms with Gasteiger partial charge in [0.2, 0.25) is 0 Å². The minimum atomic E-state index is 0.239. The maximum Gasteiger partial charge on any atom is 0.115 e. The molecule has 0 radical (unpaired) electrons. The molecule has 188 valence electrons. The van der Waals surface area contributed by atoms with Gasteiger partial charge >= 0.3 is 0 Å². The third-order valence-electron chi connectivity index (χ3n) is 5.85. The summed E-state index contributed by atoms with van der Waals surface area (Å²) in [4.78, 5) is 0. The van der Waals surface area contributed by atoms with Crippen LogP contribution in [0.3, 0.4) is 0 Å². The fraction of sp³-hybridized carbons (Fsp3) is 0.257. The number of ether oxygens (including phenoxy) is 1. The molecule has 0 aliphatic carbocycles. The first-order chi connectivity index (χ1) is 18.2. The van der Waals surface area contributed by atoms with Crippen LogP contribution < -0.4 is 0 Å². The SMILES string of the molecule is CCCCOC#Cc1ccc(/C=C/c2ccc(/C=C/c3ccc(C#CCCCCO)cc3)c(C)c2)cc1. The summed E-state index contributed by atoms with van der Waals surface area (Å²) < 4.78 is 5.31. The molecule has 0 heterocycles. The molecule has 0 atom stereocenters. The van der Waals surface area contributed by atoms with Crippen LogP contribution in [0.4, 0.5) is 0 Å². The van der Waals surface area contributed by atoms with E-state index in [1.165, 1.54) is 16.7 Å². The Hall–Kier alpha value is -3.98. The van der Waals surface area contributed by atoms with Crippen molar-refractivity contribution in [2.75, 3.05) is 13.2 Å². The predicted octanol–water partition coefficient (Wildman–Crippen LogP) is 7.98. The van der Waals surface area contributed by atoms with Crippen LogP contribution in [0.5, 0.6) is 0 Å². The molecular formula is C35H36O2. The summed E-state index contributed by atoms with van der Waals surface area (Å²) in [7, 11) is 0. The third-order valence-corrected chi connectivity index (χ3v) is 5.85. The molecule has 0 bridgehead atoms. The summed E-state index contributed by atoms with van der Waals surface area (Å²) in [6.07, 6.45) is 16.1.